The second-order valence-corrected chi connectivity index (χ2v) is 8.89. The number of carboxylic acids is 1. The van der Waals surface area contributed by atoms with Crippen molar-refractivity contribution >= 4 is 40.7 Å². The molecular weight excluding hydrogens is 555 g/mol. The van der Waals surface area contributed by atoms with Crippen molar-refractivity contribution in [3.8, 4) is 22.8 Å². The minimum atomic E-state index is -1.08. The first-order valence-corrected chi connectivity index (χ1v) is 13.7. The molecule has 0 saturated heterocycles. The maximum atomic E-state index is 13.4. The van der Waals surface area contributed by atoms with Crippen molar-refractivity contribution in [1.29, 1.82) is 0 Å². The van der Waals surface area contributed by atoms with E-state index < -0.39 is 12.6 Å². The number of rotatable bonds is 13. The molecule has 0 aliphatic heterocycles. The van der Waals surface area contributed by atoms with Crippen LogP contribution in [-0.2, 0) is 4.79 Å². The first-order valence-electron chi connectivity index (χ1n) is 12.9. The number of hydrogen-bond donors (Lipinski definition) is 2. The normalized spacial score (nSPS) is 11.1. The van der Waals surface area contributed by atoms with Crippen LogP contribution in [0.15, 0.2) is 65.2 Å². The summed E-state index contributed by atoms with van der Waals surface area (Å²) in [6.07, 6.45) is 7.34. The standard InChI is InChI=1S/C28H28Cl2N2O6.C2H6/c1-3-5-6-7-18(4-2)27-25(28(35)31-14-15-36-23-13-10-20(29)16-22(23)30)26(32-38-27)19-8-11-21(12-9-19)37-17-24(33)34;1-2/h3-5,8-13,16H,6-7,14-15,17H2,1-2H3,(H,31,35)(H,33,34);1-2H3/b5-3-,18-4+;. The Balaban J connectivity index is 0.00000274. The Hall–Kier alpha value is -3.75. The average Bonchev–Trinajstić information content (AvgIpc) is 3.39. The van der Waals surface area contributed by atoms with Crippen LogP contribution in [0.3, 0.4) is 0 Å². The van der Waals surface area contributed by atoms with Gasteiger partial charge < -0.3 is 24.4 Å². The summed E-state index contributed by atoms with van der Waals surface area (Å²) in [6.45, 7) is 7.75. The van der Waals surface area contributed by atoms with Gasteiger partial charge in [-0.15, -0.1) is 0 Å². The number of aliphatic carboxylic acids is 1. The Bertz CT molecular complexity index is 1320. The molecule has 1 aromatic heterocycles. The maximum absolute atomic E-state index is 13.4. The lowest BCUT2D eigenvalue weighted by Gasteiger charge is -2.11. The molecule has 3 rings (SSSR count). The molecule has 2 N–H and O–H groups in total. The summed E-state index contributed by atoms with van der Waals surface area (Å²) in [5, 5.41) is 16.8. The molecule has 10 heteroatoms. The Morgan fingerprint density at radius 1 is 1.07 bits per heavy atom. The summed E-state index contributed by atoms with van der Waals surface area (Å²) in [7, 11) is 0. The van der Waals surface area contributed by atoms with E-state index in [-0.39, 0.29) is 19.1 Å². The van der Waals surface area contributed by atoms with Gasteiger partial charge in [0.15, 0.2) is 12.4 Å². The van der Waals surface area contributed by atoms with Crippen LogP contribution in [0.25, 0.3) is 16.8 Å². The molecule has 0 saturated carbocycles. The number of hydrogen-bond acceptors (Lipinski definition) is 6. The highest BCUT2D eigenvalue weighted by Gasteiger charge is 2.26. The van der Waals surface area contributed by atoms with E-state index in [1.807, 2.05) is 45.9 Å². The van der Waals surface area contributed by atoms with Gasteiger partial charge in [0.05, 0.1) is 11.6 Å². The first kappa shape index (κ1) is 32.5. The van der Waals surface area contributed by atoms with Crippen LogP contribution in [0.4, 0.5) is 0 Å². The topological polar surface area (TPSA) is 111 Å². The van der Waals surface area contributed by atoms with E-state index in [4.69, 9.17) is 42.3 Å². The third-order valence-electron chi connectivity index (χ3n) is 5.40. The minimum Gasteiger partial charge on any atom is -0.490 e. The van der Waals surface area contributed by atoms with Gasteiger partial charge in [-0.25, -0.2) is 4.79 Å². The molecule has 0 fully saturated rings. The van der Waals surface area contributed by atoms with Gasteiger partial charge in [0, 0.05) is 10.6 Å². The molecule has 8 nitrogen and oxygen atoms in total. The highest BCUT2D eigenvalue weighted by molar-refractivity contribution is 6.35. The minimum absolute atomic E-state index is 0.177. The van der Waals surface area contributed by atoms with E-state index in [0.29, 0.717) is 50.5 Å². The second-order valence-electron chi connectivity index (χ2n) is 8.04. The van der Waals surface area contributed by atoms with Crippen LogP contribution >= 0.6 is 23.2 Å². The highest BCUT2D eigenvalue weighted by Crippen LogP contribution is 2.33. The fourth-order valence-corrected chi connectivity index (χ4v) is 4.03. The van der Waals surface area contributed by atoms with Crippen LogP contribution in [0.2, 0.25) is 10.0 Å². The molecule has 0 aliphatic carbocycles. The van der Waals surface area contributed by atoms with Crippen molar-refractivity contribution in [2.24, 2.45) is 0 Å². The highest BCUT2D eigenvalue weighted by atomic mass is 35.5. The van der Waals surface area contributed by atoms with Gasteiger partial charge in [0.1, 0.15) is 29.4 Å². The molecule has 1 amide bonds. The predicted molar refractivity (Wildman–Crippen MR) is 158 cm³/mol. The van der Waals surface area contributed by atoms with E-state index in [2.05, 4.69) is 10.5 Å². The largest absolute Gasteiger partial charge is 0.490 e. The third-order valence-corrected chi connectivity index (χ3v) is 5.93. The van der Waals surface area contributed by atoms with Crippen LogP contribution in [0.5, 0.6) is 11.5 Å². The molecular formula is C30H34Cl2N2O6. The van der Waals surface area contributed by atoms with Crippen molar-refractivity contribution in [1.82, 2.24) is 10.5 Å². The summed E-state index contributed by atoms with van der Waals surface area (Å²) in [5.41, 5.74) is 2.11. The van der Waals surface area contributed by atoms with E-state index in [0.717, 1.165) is 12.0 Å². The molecule has 0 atom stereocenters. The van der Waals surface area contributed by atoms with E-state index >= 15 is 0 Å². The van der Waals surface area contributed by atoms with E-state index in [1.54, 1.807) is 42.5 Å². The number of amides is 1. The van der Waals surface area contributed by atoms with Crippen molar-refractivity contribution < 1.29 is 28.7 Å². The molecule has 0 unspecified atom stereocenters. The fraction of sp³-hybridized carbons (Fsp3) is 0.300. The second kappa shape index (κ2) is 17.0. The Morgan fingerprint density at radius 2 is 1.80 bits per heavy atom. The lowest BCUT2D eigenvalue weighted by molar-refractivity contribution is -0.139. The Morgan fingerprint density at radius 3 is 2.42 bits per heavy atom. The van der Waals surface area contributed by atoms with Gasteiger partial charge in [-0.2, -0.15) is 0 Å². The third kappa shape index (κ3) is 9.47. The lowest BCUT2D eigenvalue weighted by Crippen LogP contribution is -2.29. The lowest BCUT2D eigenvalue weighted by atomic mass is 9.99. The number of carbonyl (C=O) groups is 2. The number of nitrogens with one attached hydrogen (secondary N) is 1. The summed E-state index contributed by atoms with van der Waals surface area (Å²) in [5.74, 6) is -0.226. The molecule has 0 radical (unpaired) electrons. The van der Waals surface area contributed by atoms with Gasteiger partial charge in [-0.3, -0.25) is 4.79 Å². The molecule has 2 aromatic carbocycles. The van der Waals surface area contributed by atoms with Crippen molar-refractivity contribution in [2.45, 2.75) is 40.5 Å². The molecule has 1 heterocycles. The zero-order chi connectivity index (χ0) is 29.5. The fourth-order valence-electron chi connectivity index (χ4n) is 3.57. The van der Waals surface area contributed by atoms with E-state index in [9.17, 15) is 9.59 Å². The van der Waals surface area contributed by atoms with Crippen molar-refractivity contribution in [3.63, 3.8) is 0 Å². The van der Waals surface area contributed by atoms with Crippen LogP contribution in [0.1, 0.15) is 56.7 Å². The quantitative estimate of drug-likeness (QED) is 0.155. The van der Waals surface area contributed by atoms with Crippen LogP contribution < -0.4 is 14.8 Å². The average molecular weight is 590 g/mol. The summed E-state index contributed by atoms with van der Waals surface area (Å²) in [4.78, 5) is 24.2. The van der Waals surface area contributed by atoms with Crippen LogP contribution in [0, 0.1) is 0 Å². The number of carbonyl (C=O) groups excluding carboxylic acids is 1. The Kier molecular flexibility index (Phi) is 13.8. The first-order chi connectivity index (χ1) is 19.3. The molecule has 0 bridgehead atoms. The smallest absolute Gasteiger partial charge is 0.341 e. The zero-order valence-corrected chi connectivity index (χ0v) is 24.5. The molecule has 214 valence electrons. The van der Waals surface area contributed by atoms with Gasteiger partial charge in [0.25, 0.3) is 5.91 Å². The van der Waals surface area contributed by atoms with Crippen molar-refractivity contribution in [2.75, 3.05) is 19.8 Å². The molecule has 3 aromatic rings. The van der Waals surface area contributed by atoms with Gasteiger partial charge in [0.2, 0.25) is 0 Å². The monoisotopic (exact) mass is 588 g/mol. The van der Waals surface area contributed by atoms with Gasteiger partial charge in [-0.05, 0) is 74.7 Å². The van der Waals surface area contributed by atoms with Crippen molar-refractivity contribution in [3.05, 3.63) is 82.1 Å². The van der Waals surface area contributed by atoms with Gasteiger partial charge in [-0.1, -0.05) is 60.4 Å². The molecule has 0 aliphatic rings. The predicted octanol–water partition coefficient (Wildman–Crippen LogP) is 7.71. The molecule has 0 spiro atoms. The van der Waals surface area contributed by atoms with E-state index in [1.165, 1.54) is 0 Å². The maximum Gasteiger partial charge on any atom is 0.341 e. The number of benzene rings is 2. The summed E-state index contributed by atoms with van der Waals surface area (Å²) in [6, 6.07) is 11.5. The number of aromatic nitrogens is 1. The number of carboxylic acid groups (broad SMARTS) is 1. The Labute approximate surface area is 244 Å². The zero-order valence-electron chi connectivity index (χ0n) is 23.0. The summed E-state index contributed by atoms with van der Waals surface area (Å²) < 4.78 is 16.6. The number of ether oxygens (including phenoxy) is 2. The number of halogens is 2. The number of nitrogens with zero attached hydrogens (tertiary/aromatic N) is 1. The number of allylic oxidation sites excluding steroid dienone is 4. The molecule has 40 heavy (non-hydrogen) atoms. The SMILES string of the molecule is C/C=C\CC/C(=C\C)c1onc(-c2ccc(OCC(=O)O)cc2)c1C(=O)NCCOc1ccc(Cl)cc1Cl.CC. The van der Waals surface area contributed by atoms with Gasteiger partial charge >= 0.3 is 5.97 Å². The summed E-state index contributed by atoms with van der Waals surface area (Å²) >= 11 is 12.1. The van der Waals surface area contributed by atoms with Crippen LogP contribution in [-0.4, -0.2) is 41.9 Å².